The fourth-order valence-electron chi connectivity index (χ4n) is 2.91. The number of rotatable bonds is 9. The second kappa shape index (κ2) is 9.04. The van der Waals surface area contributed by atoms with Gasteiger partial charge in [0.2, 0.25) is 0 Å². The zero-order valence-electron chi connectivity index (χ0n) is 14.8. The zero-order valence-corrected chi connectivity index (χ0v) is 14.8. The number of hydrogen-bond acceptors (Lipinski definition) is 4. The summed E-state index contributed by atoms with van der Waals surface area (Å²) in [6.07, 6.45) is 4.98. The molecule has 1 aliphatic rings. The van der Waals surface area contributed by atoms with Gasteiger partial charge in [-0.15, -0.1) is 0 Å². The number of nitrogens with zero attached hydrogens (tertiary/aromatic N) is 2. The number of nitriles is 1. The average Bonchev–Trinajstić information content (AvgIpc) is 3.41. The van der Waals surface area contributed by atoms with Crippen LogP contribution in [0.3, 0.4) is 0 Å². The van der Waals surface area contributed by atoms with E-state index in [1.54, 1.807) is 0 Å². The maximum Gasteiger partial charge on any atom is 0.315 e. The van der Waals surface area contributed by atoms with Crippen LogP contribution < -0.4 is 10.6 Å². The molecule has 6 heteroatoms. The number of hydrogen-bond donors (Lipinski definition) is 2. The van der Waals surface area contributed by atoms with Gasteiger partial charge in [0.1, 0.15) is 5.76 Å². The molecule has 1 aliphatic carbocycles. The monoisotopic (exact) mass is 352 g/mol. The minimum absolute atomic E-state index is 0.0990. The summed E-state index contributed by atoms with van der Waals surface area (Å²) < 4.78 is 5.32. The smallest absolute Gasteiger partial charge is 0.315 e. The zero-order chi connectivity index (χ0) is 18.2. The lowest BCUT2D eigenvalue weighted by Gasteiger charge is -2.19. The van der Waals surface area contributed by atoms with Crippen LogP contribution in [0, 0.1) is 11.3 Å². The third-order valence-corrected chi connectivity index (χ3v) is 4.51. The molecule has 0 bridgehead atoms. The summed E-state index contributed by atoms with van der Waals surface area (Å²) in [5, 5.41) is 18.7. The van der Waals surface area contributed by atoms with Gasteiger partial charge in [-0.3, -0.25) is 0 Å². The van der Waals surface area contributed by atoms with E-state index in [-0.39, 0.29) is 12.1 Å². The third kappa shape index (κ3) is 5.35. The van der Waals surface area contributed by atoms with Crippen LogP contribution in [0.15, 0.2) is 40.9 Å². The van der Waals surface area contributed by atoms with Gasteiger partial charge in [-0.1, -0.05) is 35.5 Å². The molecule has 1 heterocycles. The van der Waals surface area contributed by atoms with Gasteiger partial charge in [-0.25, -0.2) is 4.79 Å². The normalized spacial score (nSPS) is 14.4. The van der Waals surface area contributed by atoms with Crippen molar-refractivity contribution in [2.75, 3.05) is 6.54 Å². The summed E-state index contributed by atoms with van der Waals surface area (Å²) in [4.78, 5) is 12.2. The fraction of sp³-hybridized carbons (Fsp3) is 0.450. The van der Waals surface area contributed by atoms with Gasteiger partial charge in [-0.2, -0.15) is 5.26 Å². The van der Waals surface area contributed by atoms with Crippen molar-refractivity contribution < 1.29 is 9.32 Å². The first-order valence-electron chi connectivity index (χ1n) is 9.18. The third-order valence-electron chi connectivity index (χ3n) is 4.51. The molecule has 0 aliphatic heterocycles. The van der Waals surface area contributed by atoms with Crippen LogP contribution in [-0.4, -0.2) is 17.7 Å². The van der Waals surface area contributed by atoms with Crippen LogP contribution in [0.4, 0.5) is 4.79 Å². The first-order chi connectivity index (χ1) is 12.8. The number of urea groups is 1. The first kappa shape index (κ1) is 18.0. The van der Waals surface area contributed by atoms with Gasteiger partial charge in [-0.05, 0) is 31.2 Å². The van der Waals surface area contributed by atoms with Crippen LogP contribution in [0.1, 0.15) is 61.1 Å². The Morgan fingerprint density at radius 3 is 2.88 bits per heavy atom. The molecule has 2 N–H and O–H groups in total. The molecule has 1 atom stereocenters. The molecular formula is C20H24N4O2. The highest BCUT2D eigenvalue weighted by Gasteiger charge is 2.27. The first-order valence-corrected chi connectivity index (χ1v) is 9.18. The highest BCUT2D eigenvalue weighted by atomic mass is 16.5. The SMILES string of the molecule is N#CCCCC(NC(=O)NCCc1cc(C2CC2)on1)c1ccccc1. The number of carbonyl (C=O) groups excluding carboxylic acids is 1. The van der Waals surface area contributed by atoms with Crippen LogP contribution in [-0.2, 0) is 6.42 Å². The number of amides is 2. The van der Waals surface area contributed by atoms with Crippen molar-refractivity contribution in [3.8, 4) is 6.07 Å². The molecule has 3 rings (SSSR count). The van der Waals surface area contributed by atoms with E-state index >= 15 is 0 Å². The van der Waals surface area contributed by atoms with Crippen LogP contribution in [0.2, 0.25) is 0 Å². The maximum absolute atomic E-state index is 12.2. The van der Waals surface area contributed by atoms with Crippen LogP contribution in [0.25, 0.3) is 0 Å². The van der Waals surface area contributed by atoms with E-state index < -0.39 is 0 Å². The van der Waals surface area contributed by atoms with Gasteiger partial charge in [0.15, 0.2) is 0 Å². The molecule has 1 aromatic carbocycles. The van der Waals surface area contributed by atoms with Gasteiger partial charge in [0.25, 0.3) is 0 Å². The fourth-order valence-corrected chi connectivity index (χ4v) is 2.91. The van der Waals surface area contributed by atoms with Gasteiger partial charge >= 0.3 is 6.03 Å². The quantitative estimate of drug-likeness (QED) is 0.671. The molecule has 26 heavy (non-hydrogen) atoms. The van der Waals surface area contributed by atoms with Crippen molar-refractivity contribution in [2.24, 2.45) is 0 Å². The summed E-state index contributed by atoms with van der Waals surface area (Å²) in [7, 11) is 0. The average molecular weight is 352 g/mol. The van der Waals surface area contributed by atoms with E-state index in [2.05, 4.69) is 21.9 Å². The molecule has 1 fully saturated rings. The van der Waals surface area contributed by atoms with Crippen molar-refractivity contribution in [1.82, 2.24) is 15.8 Å². The van der Waals surface area contributed by atoms with Crippen molar-refractivity contribution >= 4 is 6.03 Å². The van der Waals surface area contributed by atoms with E-state index in [0.717, 1.165) is 29.9 Å². The second-order valence-corrected chi connectivity index (χ2v) is 6.66. The molecule has 1 saturated carbocycles. The molecular weight excluding hydrogens is 328 g/mol. The molecule has 6 nitrogen and oxygen atoms in total. The van der Waals surface area contributed by atoms with Gasteiger partial charge in [0.05, 0.1) is 17.8 Å². The van der Waals surface area contributed by atoms with Crippen LogP contribution in [0.5, 0.6) is 0 Å². The highest BCUT2D eigenvalue weighted by molar-refractivity contribution is 5.74. The maximum atomic E-state index is 12.2. The predicted molar refractivity (Wildman–Crippen MR) is 97.4 cm³/mol. The molecule has 1 aromatic heterocycles. The summed E-state index contributed by atoms with van der Waals surface area (Å²) in [5.41, 5.74) is 1.92. The molecule has 0 saturated heterocycles. The van der Waals surface area contributed by atoms with Gasteiger partial charge < -0.3 is 15.2 Å². The van der Waals surface area contributed by atoms with Crippen molar-refractivity contribution in [1.29, 1.82) is 5.26 Å². The van der Waals surface area contributed by atoms with E-state index in [1.165, 1.54) is 12.8 Å². The van der Waals surface area contributed by atoms with E-state index in [9.17, 15) is 4.79 Å². The van der Waals surface area contributed by atoms with E-state index in [0.29, 0.717) is 25.3 Å². The minimum atomic E-state index is -0.207. The molecule has 2 aromatic rings. The number of carbonyl (C=O) groups is 1. The minimum Gasteiger partial charge on any atom is -0.361 e. The van der Waals surface area contributed by atoms with E-state index in [4.69, 9.17) is 9.78 Å². The molecule has 2 amide bonds. The standard InChI is InChI=1S/C20H24N4O2/c21-12-5-4-8-18(15-6-2-1-3-7-15)23-20(25)22-13-11-17-14-19(26-24-17)16-9-10-16/h1-3,6-7,14,16,18H,4-5,8-11,13H2,(H2,22,23,25). The van der Waals surface area contributed by atoms with Gasteiger partial charge in [0, 0.05) is 31.4 Å². The van der Waals surface area contributed by atoms with E-state index in [1.807, 2.05) is 36.4 Å². The summed E-state index contributed by atoms with van der Waals surface area (Å²) >= 11 is 0. The Bertz CT molecular complexity index is 747. The Hall–Kier alpha value is -2.81. The lowest BCUT2D eigenvalue weighted by Crippen LogP contribution is -2.39. The second-order valence-electron chi connectivity index (χ2n) is 6.66. The Morgan fingerprint density at radius 1 is 1.35 bits per heavy atom. The molecule has 136 valence electrons. The number of unbranched alkanes of at least 4 members (excludes halogenated alkanes) is 1. The summed E-state index contributed by atoms with van der Waals surface area (Å²) in [6, 6.07) is 13.7. The predicted octanol–water partition coefficient (Wildman–Crippen LogP) is 3.83. The number of benzene rings is 1. The Kier molecular flexibility index (Phi) is 6.26. The topological polar surface area (TPSA) is 91.0 Å². The molecule has 1 unspecified atom stereocenters. The lowest BCUT2D eigenvalue weighted by atomic mass is 10.0. The van der Waals surface area contributed by atoms with Crippen molar-refractivity contribution in [3.05, 3.63) is 53.4 Å². The molecule has 0 radical (unpaired) electrons. The summed E-state index contributed by atoms with van der Waals surface area (Å²) in [6.45, 7) is 0.502. The number of nitrogens with one attached hydrogen (secondary N) is 2. The molecule has 0 spiro atoms. The Labute approximate surface area is 153 Å². The number of aromatic nitrogens is 1. The Balaban J connectivity index is 1.46. The Morgan fingerprint density at radius 2 is 2.15 bits per heavy atom. The summed E-state index contributed by atoms with van der Waals surface area (Å²) in [5.74, 6) is 1.51. The van der Waals surface area contributed by atoms with Crippen LogP contribution >= 0.6 is 0 Å². The largest absolute Gasteiger partial charge is 0.361 e. The lowest BCUT2D eigenvalue weighted by molar-refractivity contribution is 0.236. The van der Waals surface area contributed by atoms with Crippen molar-refractivity contribution in [2.45, 2.75) is 50.5 Å². The van der Waals surface area contributed by atoms with Crippen molar-refractivity contribution in [3.63, 3.8) is 0 Å². The highest BCUT2D eigenvalue weighted by Crippen LogP contribution is 2.40.